The largest absolute Gasteiger partial charge is 0.311 e. The van der Waals surface area contributed by atoms with Gasteiger partial charge in [0.2, 0.25) is 0 Å². The SMILES string of the molecule is BC(=O)C1CCc2nn3cc(C)ccc3c2C1=O. The van der Waals surface area contributed by atoms with Crippen LogP contribution in [0.4, 0.5) is 0 Å². The Morgan fingerprint density at radius 2 is 2.28 bits per heavy atom. The van der Waals surface area contributed by atoms with Gasteiger partial charge >= 0.3 is 0 Å². The molecule has 1 aliphatic rings. The molecule has 0 saturated heterocycles. The lowest BCUT2D eigenvalue weighted by molar-refractivity contribution is -0.114. The van der Waals surface area contributed by atoms with Gasteiger partial charge in [-0.25, -0.2) is 4.52 Å². The summed E-state index contributed by atoms with van der Waals surface area (Å²) in [7, 11) is 1.49. The number of rotatable bonds is 1. The molecular weight excluding hydrogens is 227 g/mol. The number of ketones is 1. The zero-order valence-corrected chi connectivity index (χ0v) is 10.4. The van der Waals surface area contributed by atoms with Crippen molar-refractivity contribution in [1.82, 2.24) is 9.61 Å². The molecule has 0 radical (unpaired) electrons. The Labute approximate surface area is 105 Å². The highest BCUT2D eigenvalue weighted by molar-refractivity contribution is 6.60. The standard InChI is InChI=1S/C13H13BN2O2/c1-7-2-5-10-11-9(15-16(10)6-7)4-3-8(12(11)17)13(14)18/h2,5-6,8H,3-4,14H2,1H3. The average molecular weight is 240 g/mol. The minimum atomic E-state index is -0.480. The van der Waals surface area contributed by atoms with Gasteiger partial charge < -0.3 is 4.79 Å². The highest BCUT2D eigenvalue weighted by Crippen LogP contribution is 2.28. The fourth-order valence-corrected chi connectivity index (χ4v) is 2.62. The predicted molar refractivity (Wildman–Crippen MR) is 69.6 cm³/mol. The highest BCUT2D eigenvalue weighted by atomic mass is 16.1. The quantitative estimate of drug-likeness (QED) is 0.540. The van der Waals surface area contributed by atoms with Crippen molar-refractivity contribution >= 4 is 24.8 Å². The van der Waals surface area contributed by atoms with E-state index < -0.39 is 5.92 Å². The van der Waals surface area contributed by atoms with Crippen molar-refractivity contribution in [3.63, 3.8) is 0 Å². The Morgan fingerprint density at radius 1 is 1.50 bits per heavy atom. The molecule has 4 nitrogen and oxygen atoms in total. The first-order chi connectivity index (χ1) is 8.58. The first-order valence-corrected chi connectivity index (χ1v) is 6.10. The molecule has 2 aromatic rings. The van der Waals surface area contributed by atoms with E-state index in [4.69, 9.17) is 0 Å². The lowest BCUT2D eigenvalue weighted by Crippen LogP contribution is -2.29. The normalized spacial score (nSPS) is 18.9. The van der Waals surface area contributed by atoms with E-state index in [1.165, 1.54) is 7.85 Å². The van der Waals surface area contributed by atoms with E-state index in [1.54, 1.807) is 4.52 Å². The summed E-state index contributed by atoms with van der Waals surface area (Å²) in [6.45, 7) is 1.99. The van der Waals surface area contributed by atoms with Crippen LogP contribution in [0.5, 0.6) is 0 Å². The molecule has 0 N–H and O–H groups in total. The van der Waals surface area contributed by atoms with Gasteiger partial charge in [-0.2, -0.15) is 5.10 Å². The number of hydrogen-bond acceptors (Lipinski definition) is 3. The van der Waals surface area contributed by atoms with Gasteiger partial charge in [-0.15, -0.1) is 0 Å². The summed E-state index contributed by atoms with van der Waals surface area (Å²) in [5.74, 6) is -0.547. The third-order valence-electron chi connectivity index (χ3n) is 3.57. The Morgan fingerprint density at radius 3 is 3.00 bits per heavy atom. The van der Waals surface area contributed by atoms with Gasteiger partial charge in [-0.1, -0.05) is 6.07 Å². The van der Waals surface area contributed by atoms with Crippen LogP contribution in [0.15, 0.2) is 18.3 Å². The first kappa shape index (κ1) is 11.2. The van der Waals surface area contributed by atoms with Crippen LogP contribution in [-0.2, 0) is 11.2 Å². The van der Waals surface area contributed by atoms with Crippen LogP contribution in [0.2, 0.25) is 0 Å². The van der Waals surface area contributed by atoms with E-state index in [2.05, 4.69) is 5.10 Å². The Kier molecular flexibility index (Phi) is 2.36. The second-order valence-electron chi connectivity index (χ2n) is 4.92. The molecule has 1 unspecified atom stereocenters. The van der Waals surface area contributed by atoms with Gasteiger partial charge in [0, 0.05) is 6.20 Å². The molecule has 2 heterocycles. The van der Waals surface area contributed by atoms with E-state index >= 15 is 0 Å². The van der Waals surface area contributed by atoms with Crippen molar-refractivity contribution in [2.45, 2.75) is 19.8 Å². The third kappa shape index (κ3) is 1.50. The number of hydrogen-bond donors (Lipinski definition) is 0. The molecule has 0 saturated carbocycles. The summed E-state index contributed by atoms with van der Waals surface area (Å²) < 4.78 is 1.75. The number of aromatic nitrogens is 2. The topological polar surface area (TPSA) is 51.4 Å². The summed E-state index contributed by atoms with van der Waals surface area (Å²) in [6, 6.07) is 3.86. The van der Waals surface area contributed by atoms with Gasteiger partial charge in [0.25, 0.3) is 0 Å². The molecule has 18 heavy (non-hydrogen) atoms. The molecule has 0 amide bonds. The third-order valence-corrected chi connectivity index (χ3v) is 3.57. The lowest BCUT2D eigenvalue weighted by Gasteiger charge is -2.17. The fraction of sp³-hybridized carbons (Fsp3) is 0.308. The molecule has 5 heteroatoms. The summed E-state index contributed by atoms with van der Waals surface area (Å²) in [6.07, 6.45) is 3.19. The van der Waals surface area contributed by atoms with Crippen molar-refractivity contribution in [1.29, 1.82) is 0 Å². The number of fused-ring (bicyclic) bond motifs is 3. The van der Waals surface area contributed by atoms with Crippen LogP contribution in [0.1, 0.15) is 28.0 Å². The molecule has 2 aromatic heterocycles. The monoisotopic (exact) mass is 240 g/mol. The number of nitrogens with zero attached hydrogens (tertiary/aromatic N) is 2. The van der Waals surface area contributed by atoms with Crippen molar-refractivity contribution in [3.05, 3.63) is 35.2 Å². The maximum absolute atomic E-state index is 12.3. The van der Waals surface area contributed by atoms with Gasteiger partial charge in [-0.05, 0) is 31.4 Å². The van der Waals surface area contributed by atoms with Crippen LogP contribution in [0.3, 0.4) is 0 Å². The van der Waals surface area contributed by atoms with Crippen LogP contribution < -0.4 is 0 Å². The lowest BCUT2D eigenvalue weighted by atomic mass is 9.77. The number of aryl methyl sites for hydroxylation is 2. The predicted octanol–water partition coefficient (Wildman–Crippen LogP) is 0.548. The molecular formula is C13H13BN2O2. The number of pyridine rings is 1. The molecule has 0 aliphatic heterocycles. The minimum absolute atomic E-state index is 0.0443. The van der Waals surface area contributed by atoms with Crippen molar-refractivity contribution in [3.8, 4) is 0 Å². The second kappa shape index (κ2) is 3.80. The highest BCUT2D eigenvalue weighted by Gasteiger charge is 2.33. The Bertz CT molecular complexity index is 675. The van der Waals surface area contributed by atoms with Gasteiger partial charge in [-0.3, -0.25) is 4.79 Å². The van der Waals surface area contributed by atoms with Crippen molar-refractivity contribution in [2.75, 3.05) is 0 Å². The zero-order chi connectivity index (χ0) is 12.9. The summed E-state index contributed by atoms with van der Waals surface area (Å²) in [5.41, 5.74) is 3.33. The van der Waals surface area contributed by atoms with Crippen LogP contribution in [0, 0.1) is 12.8 Å². The second-order valence-corrected chi connectivity index (χ2v) is 4.92. The molecule has 0 bridgehead atoms. The summed E-state index contributed by atoms with van der Waals surface area (Å²) in [4.78, 5) is 23.8. The van der Waals surface area contributed by atoms with Gasteiger partial charge in [0.15, 0.2) is 13.6 Å². The van der Waals surface area contributed by atoms with E-state index in [9.17, 15) is 9.59 Å². The van der Waals surface area contributed by atoms with Crippen LogP contribution in [-0.4, -0.2) is 28.9 Å². The maximum atomic E-state index is 12.3. The molecule has 0 spiro atoms. The molecule has 3 rings (SSSR count). The molecule has 0 aromatic carbocycles. The van der Waals surface area contributed by atoms with Crippen LogP contribution >= 0.6 is 0 Å². The number of Topliss-reactive ketones (excluding diaryl/α,β-unsaturated/α-hetero) is 1. The van der Waals surface area contributed by atoms with E-state index in [0.29, 0.717) is 18.4 Å². The Hall–Kier alpha value is -1.91. The molecule has 90 valence electrons. The van der Waals surface area contributed by atoms with E-state index in [1.807, 2.05) is 25.3 Å². The maximum Gasteiger partial charge on any atom is 0.188 e. The van der Waals surface area contributed by atoms with Crippen molar-refractivity contribution in [2.24, 2.45) is 5.92 Å². The smallest absolute Gasteiger partial charge is 0.188 e. The zero-order valence-electron chi connectivity index (χ0n) is 10.4. The van der Waals surface area contributed by atoms with Gasteiger partial charge in [0.05, 0.1) is 28.4 Å². The van der Waals surface area contributed by atoms with Gasteiger partial charge in [0.1, 0.15) is 0 Å². The summed E-state index contributed by atoms with van der Waals surface area (Å²) >= 11 is 0. The van der Waals surface area contributed by atoms with Crippen molar-refractivity contribution < 1.29 is 9.59 Å². The van der Waals surface area contributed by atoms with E-state index in [-0.39, 0.29) is 11.5 Å². The molecule has 0 fully saturated rings. The first-order valence-electron chi connectivity index (χ1n) is 6.10. The van der Waals surface area contributed by atoms with E-state index in [0.717, 1.165) is 16.8 Å². The fourth-order valence-electron chi connectivity index (χ4n) is 2.62. The summed E-state index contributed by atoms with van der Waals surface area (Å²) in [5, 5.41) is 4.44. The molecule has 1 atom stereocenters. The molecule has 1 aliphatic carbocycles. The number of carbonyl (C=O) groups is 2. The number of carbonyl (C=O) groups excluding carboxylic acids is 2. The van der Waals surface area contributed by atoms with Crippen LogP contribution in [0.25, 0.3) is 5.52 Å². The average Bonchev–Trinajstić information content (AvgIpc) is 2.66. The minimum Gasteiger partial charge on any atom is -0.311 e. The Balaban J connectivity index is 2.22.